The summed E-state index contributed by atoms with van der Waals surface area (Å²) in [5, 5.41) is 3.37. The fraction of sp³-hybridized carbons (Fsp3) is 0.562. The molecule has 0 radical (unpaired) electrons. The fourth-order valence-corrected chi connectivity index (χ4v) is 1.89. The molecular weight excluding hydrogens is 250 g/mol. The molecule has 0 amide bonds. The lowest BCUT2D eigenvalue weighted by Crippen LogP contribution is -2.40. The van der Waals surface area contributed by atoms with E-state index in [1.807, 2.05) is 33.2 Å². The summed E-state index contributed by atoms with van der Waals surface area (Å²) in [4.78, 5) is 6.43. The van der Waals surface area contributed by atoms with Crippen LogP contribution in [0.25, 0.3) is 0 Å². The first-order valence-electron chi connectivity index (χ1n) is 7.20. The van der Waals surface area contributed by atoms with Crippen molar-refractivity contribution in [3.8, 4) is 5.75 Å². The Bertz CT molecular complexity index is 412. The van der Waals surface area contributed by atoms with Gasteiger partial charge < -0.3 is 15.0 Å². The molecule has 0 unspecified atom stereocenters. The van der Waals surface area contributed by atoms with Crippen LogP contribution in [-0.4, -0.2) is 38.1 Å². The molecule has 0 aliphatic heterocycles. The molecule has 112 valence electrons. The zero-order chi connectivity index (χ0) is 15.0. The third-order valence-corrected chi connectivity index (χ3v) is 2.90. The van der Waals surface area contributed by atoms with E-state index in [4.69, 9.17) is 4.74 Å². The predicted molar refractivity (Wildman–Crippen MR) is 85.3 cm³/mol. The van der Waals surface area contributed by atoms with Gasteiger partial charge in [0.25, 0.3) is 0 Å². The molecular formula is C16H27N3O. The van der Waals surface area contributed by atoms with Crippen molar-refractivity contribution in [1.82, 2.24) is 10.2 Å². The topological polar surface area (TPSA) is 36.9 Å². The molecule has 0 saturated heterocycles. The second-order valence-corrected chi connectivity index (χ2v) is 5.25. The maximum atomic E-state index is 5.45. The summed E-state index contributed by atoms with van der Waals surface area (Å²) in [6.07, 6.45) is 0. The lowest BCUT2D eigenvalue weighted by Gasteiger charge is -2.23. The van der Waals surface area contributed by atoms with Gasteiger partial charge in [0.1, 0.15) is 5.75 Å². The second-order valence-electron chi connectivity index (χ2n) is 5.25. The van der Waals surface area contributed by atoms with Gasteiger partial charge in [-0.2, -0.15) is 0 Å². The molecule has 0 atom stereocenters. The first kappa shape index (κ1) is 16.3. The molecule has 0 saturated carbocycles. The van der Waals surface area contributed by atoms with E-state index in [-0.39, 0.29) is 0 Å². The number of rotatable bonds is 6. The van der Waals surface area contributed by atoms with Crippen molar-refractivity contribution in [3.05, 3.63) is 29.8 Å². The Balaban J connectivity index is 2.57. The number of hydrogen-bond acceptors (Lipinski definition) is 2. The van der Waals surface area contributed by atoms with Gasteiger partial charge in [0, 0.05) is 27.2 Å². The molecule has 1 aromatic carbocycles. The van der Waals surface area contributed by atoms with Crippen LogP contribution in [0.1, 0.15) is 26.3 Å². The maximum absolute atomic E-state index is 5.45. The number of nitrogens with one attached hydrogen (secondary N) is 1. The summed E-state index contributed by atoms with van der Waals surface area (Å²) in [6.45, 7) is 8.82. The van der Waals surface area contributed by atoms with Crippen molar-refractivity contribution in [3.63, 3.8) is 0 Å². The highest BCUT2D eigenvalue weighted by atomic mass is 16.5. The van der Waals surface area contributed by atoms with E-state index >= 15 is 0 Å². The standard InChI is InChI=1S/C16H27N3O/c1-6-20-15-9-7-14(8-10-15)12-19(5)16(17-4)18-11-13(2)3/h7-10,13H,6,11-12H2,1-5H3,(H,17,18). The third kappa shape index (κ3) is 5.51. The fourth-order valence-electron chi connectivity index (χ4n) is 1.89. The largest absolute Gasteiger partial charge is 0.494 e. The highest BCUT2D eigenvalue weighted by Crippen LogP contribution is 2.13. The van der Waals surface area contributed by atoms with E-state index in [9.17, 15) is 0 Å². The molecule has 4 heteroatoms. The molecule has 1 rings (SSSR count). The highest BCUT2D eigenvalue weighted by molar-refractivity contribution is 5.79. The van der Waals surface area contributed by atoms with Gasteiger partial charge >= 0.3 is 0 Å². The molecule has 1 aromatic rings. The minimum absolute atomic E-state index is 0.602. The maximum Gasteiger partial charge on any atom is 0.193 e. The van der Waals surface area contributed by atoms with Gasteiger partial charge in [0.2, 0.25) is 0 Å². The molecule has 0 aliphatic rings. The van der Waals surface area contributed by atoms with Gasteiger partial charge in [-0.3, -0.25) is 4.99 Å². The van der Waals surface area contributed by atoms with Crippen LogP contribution in [0.4, 0.5) is 0 Å². The Kier molecular flexibility index (Phi) is 6.91. The quantitative estimate of drug-likeness (QED) is 0.641. The van der Waals surface area contributed by atoms with Crippen LogP contribution in [0.15, 0.2) is 29.3 Å². The lowest BCUT2D eigenvalue weighted by atomic mass is 10.2. The smallest absolute Gasteiger partial charge is 0.193 e. The number of benzene rings is 1. The number of nitrogens with zero attached hydrogens (tertiary/aromatic N) is 2. The average molecular weight is 277 g/mol. The van der Waals surface area contributed by atoms with Crippen molar-refractivity contribution < 1.29 is 4.74 Å². The summed E-state index contributed by atoms with van der Waals surface area (Å²) < 4.78 is 5.45. The van der Waals surface area contributed by atoms with Crippen molar-refractivity contribution >= 4 is 5.96 Å². The molecule has 20 heavy (non-hydrogen) atoms. The molecule has 0 aliphatic carbocycles. The normalized spacial score (nSPS) is 11.6. The summed E-state index contributed by atoms with van der Waals surface area (Å²) in [5.74, 6) is 2.44. The van der Waals surface area contributed by atoms with Gasteiger partial charge in [-0.15, -0.1) is 0 Å². The average Bonchev–Trinajstić information content (AvgIpc) is 2.41. The van der Waals surface area contributed by atoms with E-state index in [1.54, 1.807) is 0 Å². The van der Waals surface area contributed by atoms with Crippen molar-refractivity contribution in [2.45, 2.75) is 27.3 Å². The number of ether oxygens (including phenoxy) is 1. The summed E-state index contributed by atoms with van der Waals surface area (Å²) in [5.41, 5.74) is 1.24. The molecule has 0 fully saturated rings. The Morgan fingerprint density at radius 1 is 1.30 bits per heavy atom. The summed E-state index contributed by atoms with van der Waals surface area (Å²) >= 11 is 0. The molecule has 4 nitrogen and oxygen atoms in total. The van der Waals surface area contributed by atoms with Crippen LogP contribution < -0.4 is 10.1 Å². The first-order chi connectivity index (χ1) is 9.56. The van der Waals surface area contributed by atoms with E-state index < -0.39 is 0 Å². The van der Waals surface area contributed by atoms with E-state index in [2.05, 4.69) is 41.2 Å². The molecule has 0 heterocycles. The number of aliphatic imine (C=N–C) groups is 1. The number of guanidine groups is 1. The minimum Gasteiger partial charge on any atom is -0.494 e. The van der Waals surface area contributed by atoms with Gasteiger partial charge in [-0.1, -0.05) is 26.0 Å². The Morgan fingerprint density at radius 3 is 2.45 bits per heavy atom. The third-order valence-electron chi connectivity index (χ3n) is 2.90. The predicted octanol–water partition coefficient (Wildman–Crippen LogP) is 2.75. The minimum atomic E-state index is 0.602. The Labute approximate surface area is 122 Å². The van der Waals surface area contributed by atoms with Crippen molar-refractivity contribution in [2.75, 3.05) is 27.2 Å². The summed E-state index contributed by atoms with van der Waals surface area (Å²) in [6, 6.07) is 8.21. The molecule has 1 N–H and O–H groups in total. The van der Waals surface area contributed by atoms with E-state index in [0.717, 1.165) is 24.8 Å². The zero-order valence-electron chi connectivity index (χ0n) is 13.3. The van der Waals surface area contributed by atoms with Gasteiger partial charge in [0.15, 0.2) is 5.96 Å². The van der Waals surface area contributed by atoms with Gasteiger partial charge in [-0.25, -0.2) is 0 Å². The monoisotopic (exact) mass is 277 g/mol. The second kappa shape index (κ2) is 8.46. The number of hydrogen-bond donors (Lipinski definition) is 1. The Morgan fingerprint density at radius 2 is 1.95 bits per heavy atom. The van der Waals surface area contributed by atoms with Crippen LogP contribution in [0.5, 0.6) is 5.75 Å². The van der Waals surface area contributed by atoms with E-state index in [0.29, 0.717) is 12.5 Å². The van der Waals surface area contributed by atoms with Crippen molar-refractivity contribution in [2.24, 2.45) is 10.9 Å². The SMILES string of the molecule is CCOc1ccc(CN(C)C(=NC)NCC(C)C)cc1. The van der Waals surface area contributed by atoms with Crippen LogP contribution in [0.3, 0.4) is 0 Å². The zero-order valence-corrected chi connectivity index (χ0v) is 13.3. The summed E-state index contributed by atoms with van der Waals surface area (Å²) in [7, 11) is 3.86. The van der Waals surface area contributed by atoms with Gasteiger partial charge in [0.05, 0.1) is 6.61 Å². The van der Waals surface area contributed by atoms with Crippen LogP contribution in [0, 0.1) is 5.92 Å². The van der Waals surface area contributed by atoms with Crippen molar-refractivity contribution in [1.29, 1.82) is 0 Å². The Hall–Kier alpha value is -1.71. The highest BCUT2D eigenvalue weighted by Gasteiger charge is 2.07. The first-order valence-corrected chi connectivity index (χ1v) is 7.20. The van der Waals surface area contributed by atoms with Crippen LogP contribution >= 0.6 is 0 Å². The van der Waals surface area contributed by atoms with Crippen LogP contribution in [-0.2, 0) is 6.54 Å². The molecule has 0 bridgehead atoms. The lowest BCUT2D eigenvalue weighted by molar-refractivity contribution is 0.340. The van der Waals surface area contributed by atoms with E-state index in [1.165, 1.54) is 5.56 Å². The van der Waals surface area contributed by atoms with Crippen LogP contribution in [0.2, 0.25) is 0 Å². The molecule has 0 spiro atoms. The van der Waals surface area contributed by atoms with Gasteiger partial charge in [-0.05, 0) is 30.5 Å². The molecule has 0 aromatic heterocycles.